The molecule has 1 aliphatic rings. The molecule has 1 aliphatic heterocycles. The number of nitrogens with zero attached hydrogens (tertiary/aromatic N) is 1. The van der Waals surface area contributed by atoms with Crippen LogP contribution in [-0.4, -0.2) is 28.8 Å². The van der Waals surface area contributed by atoms with E-state index < -0.39 is 0 Å². The van der Waals surface area contributed by atoms with Crippen LogP contribution in [0.5, 0.6) is 5.75 Å². The van der Waals surface area contributed by atoms with Crippen LogP contribution in [0.4, 0.5) is 0 Å². The van der Waals surface area contributed by atoms with Crippen molar-refractivity contribution in [3.63, 3.8) is 0 Å². The fourth-order valence-electron chi connectivity index (χ4n) is 1.83. The number of benzene rings is 1. The van der Waals surface area contributed by atoms with Crippen LogP contribution >= 0.6 is 51.5 Å². The van der Waals surface area contributed by atoms with Gasteiger partial charge in [-0.25, -0.2) is 0 Å². The topological polar surface area (TPSA) is 29.5 Å². The zero-order valence-electron chi connectivity index (χ0n) is 11.1. The molecule has 1 aromatic rings. The van der Waals surface area contributed by atoms with E-state index in [-0.39, 0.29) is 5.91 Å². The molecular weight excluding hydrogens is 394 g/mol. The lowest BCUT2D eigenvalue weighted by molar-refractivity contribution is -0.121. The summed E-state index contributed by atoms with van der Waals surface area (Å²) in [7, 11) is 1.56. The second-order valence-electron chi connectivity index (χ2n) is 4.09. The van der Waals surface area contributed by atoms with E-state index in [9.17, 15) is 4.79 Å². The minimum absolute atomic E-state index is 0.136. The maximum absolute atomic E-state index is 12.3. The Kier molecular flexibility index (Phi) is 5.48. The monoisotopic (exact) mass is 403 g/mol. The molecule has 0 aliphatic carbocycles. The molecule has 1 fully saturated rings. The molecule has 0 unspecified atom stereocenters. The summed E-state index contributed by atoms with van der Waals surface area (Å²) >= 11 is 15.9. The Balaban J connectivity index is 2.43. The lowest BCUT2D eigenvalue weighted by Gasteiger charge is -2.10. The number of hydrogen-bond acceptors (Lipinski definition) is 4. The van der Waals surface area contributed by atoms with Crippen LogP contribution in [0.2, 0.25) is 5.02 Å². The molecule has 0 N–H and O–H groups in total. The zero-order chi connectivity index (χ0) is 15.6. The molecule has 2 rings (SSSR count). The molecule has 21 heavy (non-hydrogen) atoms. The van der Waals surface area contributed by atoms with Crippen LogP contribution in [0.3, 0.4) is 0 Å². The van der Waals surface area contributed by atoms with Gasteiger partial charge >= 0.3 is 0 Å². The third-order valence-corrected chi connectivity index (χ3v) is 4.90. The Morgan fingerprint density at radius 3 is 2.90 bits per heavy atom. The molecule has 0 atom stereocenters. The second-order valence-corrected chi connectivity index (χ2v) is 7.06. The van der Waals surface area contributed by atoms with E-state index in [0.29, 0.717) is 26.5 Å². The van der Waals surface area contributed by atoms with Gasteiger partial charge in [-0.1, -0.05) is 41.7 Å². The van der Waals surface area contributed by atoms with Gasteiger partial charge in [0.25, 0.3) is 5.91 Å². The summed E-state index contributed by atoms with van der Waals surface area (Å²) in [5.74, 6) is 0.483. The number of thioether (sulfide) groups is 1. The molecule has 3 nitrogen and oxygen atoms in total. The molecule has 0 spiro atoms. The number of thiocarbonyl (C=S) groups is 1. The second kappa shape index (κ2) is 6.96. The van der Waals surface area contributed by atoms with E-state index in [2.05, 4.69) is 22.5 Å². The van der Waals surface area contributed by atoms with Crippen molar-refractivity contribution in [2.75, 3.05) is 13.7 Å². The van der Waals surface area contributed by atoms with Gasteiger partial charge in [0.05, 0.1) is 16.5 Å². The summed E-state index contributed by atoms with van der Waals surface area (Å²) in [5.41, 5.74) is 0.718. The third kappa shape index (κ3) is 3.51. The van der Waals surface area contributed by atoms with Crippen LogP contribution in [-0.2, 0) is 4.79 Å². The van der Waals surface area contributed by atoms with Gasteiger partial charge < -0.3 is 4.74 Å². The highest BCUT2D eigenvalue weighted by Gasteiger charge is 2.31. The van der Waals surface area contributed by atoms with Crippen molar-refractivity contribution in [2.24, 2.45) is 0 Å². The van der Waals surface area contributed by atoms with Crippen LogP contribution in [0.1, 0.15) is 5.56 Å². The van der Waals surface area contributed by atoms with E-state index in [1.165, 1.54) is 16.7 Å². The van der Waals surface area contributed by atoms with Gasteiger partial charge in [0.2, 0.25) is 0 Å². The number of ether oxygens (including phenoxy) is 1. The summed E-state index contributed by atoms with van der Waals surface area (Å²) in [6.07, 6.45) is 3.38. The first-order valence-corrected chi connectivity index (χ1v) is 8.26. The quantitative estimate of drug-likeness (QED) is 0.420. The molecule has 0 bridgehead atoms. The van der Waals surface area contributed by atoms with E-state index in [1.807, 2.05) is 0 Å². The van der Waals surface area contributed by atoms with Crippen molar-refractivity contribution in [3.8, 4) is 5.75 Å². The van der Waals surface area contributed by atoms with E-state index in [4.69, 9.17) is 28.6 Å². The fraction of sp³-hybridized carbons (Fsp3) is 0.143. The molecule has 0 aromatic heterocycles. The average molecular weight is 405 g/mol. The number of methoxy groups -OCH3 is 1. The highest BCUT2D eigenvalue weighted by molar-refractivity contribution is 9.10. The number of hydrogen-bond donors (Lipinski definition) is 0. The number of carbonyl (C=O) groups excluding carboxylic acids is 1. The lowest BCUT2D eigenvalue weighted by Crippen LogP contribution is -2.27. The van der Waals surface area contributed by atoms with E-state index in [1.54, 1.807) is 31.4 Å². The van der Waals surface area contributed by atoms with Crippen LogP contribution in [0.15, 0.2) is 34.2 Å². The van der Waals surface area contributed by atoms with Gasteiger partial charge in [-0.2, -0.15) is 0 Å². The SMILES string of the molecule is C=CCN1C(=O)C(=Cc2cc(Cl)cc(Br)c2OC)SC1=S. The Labute approximate surface area is 146 Å². The largest absolute Gasteiger partial charge is 0.495 e. The van der Waals surface area contributed by atoms with Crippen molar-refractivity contribution in [3.05, 3.63) is 44.8 Å². The maximum atomic E-state index is 12.3. The minimum Gasteiger partial charge on any atom is -0.495 e. The number of rotatable bonds is 4. The zero-order valence-corrected chi connectivity index (χ0v) is 15.0. The van der Waals surface area contributed by atoms with Gasteiger partial charge in [0.15, 0.2) is 0 Å². The first-order chi connectivity index (χ1) is 9.97. The predicted octanol–water partition coefficient (Wildman–Crippen LogP) is 4.50. The summed E-state index contributed by atoms with van der Waals surface area (Å²) in [6, 6.07) is 3.48. The van der Waals surface area contributed by atoms with Crippen LogP contribution in [0.25, 0.3) is 6.08 Å². The molecule has 1 amide bonds. The molecule has 1 heterocycles. The predicted molar refractivity (Wildman–Crippen MR) is 95.8 cm³/mol. The first kappa shape index (κ1) is 16.5. The Hall–Kier alpha value is -0.820. The number of halogens is 2. The minimum atomic E-state index is -0.136. The molecule has 110 valence electrons. The van der Waals surface area contributed by atoms with Gasteiger partial charge in [-0.05, 0) is 34.1 Å². The van der Waals surface area contributed by atoms with Crippen LogP contribution in [0, 0.1) is 0 Å². The van der Waals surface area contributed by atoms with E-state index >= 15 is 0 Å². The van der Waals surface area contributed by atoms with Gasteiger partial charge in [0.1, 0.15) is 10.1 Å². The molecule has 0 saturated carbocycles. The maximum Gasteiger partial charge on any atom is 0.266 e. The van der Waals surface area contributed by atoms with Gasteiger partial charge in [-0.15, -0.1) is 6.58 Å². The molecular formula is C14H11BrClNO2S2. The van der Waals surface area contributed by atoms with Crippen molar-refractivity contribution >= 4 is 67.8 Å². The molecule has 0 radical (unpaired) electrons. The van der Waals surface area contributed by atoms with Gasteiger partial charge in [0, 0.05) is 17.1 Å². The summed E-state index contributed by atoms with van der Waals surface area (Å²) in [4.78, 5) is 14.3. The Morgan fingerprint density at radius 2 is 2.29 bits per heavy atom. The van der Waals surface area contributed by atoms with Crippen molar-refractivity contribution in [2.45, 2.75) is 0 Å². The summed E-state index contributed by atoms with van der Waals surface area (Å²) in [5, 5.41) is 0.551. The van der Waals surface area contributed by atoms with Crippen molar-refractivity contribution in [1.82, 2.24) is 4.90 Å². The number of carbonyl (C=O) groups is 1. The van der Waals surface area contributed by atoms with Crippen molar-refractivity contribution in [1.29, 1.82) is 0 Å². The smallest absolute Gasteiger partial charge is 0.266 e. The first-order valence-electron chi connectivity index (χ1n) is 5.87. The highest BCUT2D eigenvalue weighted by Crippen LogP contribution is 2.38. The van der Waals surface area contributed by atoms with Crippen molar-refractivity contribution < 1.29 is 9.53 Å². The molecule has 1 aromatic carbocycles. The fourth-order valence-corrected chi connectivity index (χ4v) is 4.09. The highest BCUT2D eigenvalue weighted by atomic mass is 79.9. The van der Waals surface area contributed by atoms with Gasteiger partial charge in [-0.3, -0.25) is 9.69 Å². The summed E-state index contributed by atoms with van der Waals surface area (Å²) < 4.78 is 6.59. The number of amides is 1. The Bertz CT molecular complexity index is 661. The normalized spacial score (nSPS) is 16.7. The van der Waals surface area contributed by atoms with Crippen LogP contribution < -0.4 is 4.74 Å². The average Bonchev–Trinajstić information content (AvgIpc) is 2.66. The molecule has 7 heteroatoms. The Morgan fingerprint density at radius 1 is 1.57 bits per heavy atom. The standard InChI is InChI=1S/C14H11BrClNO2S2/c1-3-4-17-13(18)11(21-14(17)20)6-8-5-9(16)7-10(15)12(8)19-2/h3,5-7H,1,4H2,2H3. The molecule has 1 saturated heterocycles. The summed E-state index contributed by atoms with van der Waals surface area (Å²) in [6.45, 7) is 4.03. The lowest BCUT2D eigenvalue weighted by atomic mass is 10.2. The van der Waals surface area contributed by atoms with E-state index in [0.717, 1.165) is 10.0 Å². The third-order valence-electron chi connectivity index (χ3n) is 2.71.